The highest BCUT2D eigenvalue weighted by Crippen LogP contribution is 2.35. The van der Waals surface area contributed by atoms with Crippen molar-refractivity contribution in [2.24, 2.45) is 5.10 Å². The van der Waals surface area contributed by atoms with E-state index in [-0.39, 0.29) is 4.90 Å². The molecule has 3 rings (SSSR count). The number of amides is 1. The van der Waals surface area contributed by atoms with Gasteiger partial charge in [-0.05, 0) is 76.9 Å². The molecule has 0 spiro atoms. The second-order valence-electron chi connectivity index (χ2n) is 7.33. The fraction of sp³-hybridized carbons (Fsp3) is 0.167. The number of rotatable bonds is 9. The van der Waals surface area contributed by atoms with Gasteiger partial charge in [0.05, 0.1) is 35.5 Å². The zero-order chi connectivity index (χ0) is 25.6. The third-order valence-corrected chi connectivity index (χ3v) is 7.78. The Kier molecular flexibility index (Phi) is 8.92. The van der Waals surface area contributed by atoms with Gasteiger partial charge in [0.15, 0.2) is 11.5 Å². The normalized spacial score (nSPS) is 11.3. The van der Waals surface area contributed by atoms with Crippen molar-refractivity contribution < 1.29 is 22.7 Å². The minimum atomic E-state index is -4.01. The van der Waals surface area contributed by atoms with Crippen LogP contribution in [0.25, 0.3) is 0 Å². The summed E-state index contributed by atoms with van der Waals surface area (Å²) in [6.07, 6.45) is 1.42. The number of halogens is 2. The summed E-state index contributed by atoms with van der Waals surface area (Å²) >= 11 is 6.74. The second kappa shape index (κ2) is 11.7. The van der Waals surface area contributed by atoms with Gasteiger partial charge in [-0.15, -0.1) is 0 Å². The molecule has 0 bridgehead atoms. The van der Waals surface area contributed by atoms with Crippen LogP contribution in [0.1, 0.15) is 11.1 Å². The van der Waals surface area contributed by atoms with Crippen LogP contribution in [0.4, 0.5) is 5.69 Å². The molecule has 0 saturated heterocycles. The maximum atomic E-state index is 13.4. The number of benzene rings is 3. The number of hydrogen-bond acceptors (Lipinski definition) is 6. The van der Waals surface area contributed by atoms with E-state index in [0.29, 0.717) is 27.2 Å². The van der Waals surface area contributed by atoms with Crippen molar-refractivity contribution in [3.05, 3.63) is 80.7 Å². The summed E-state index contributed by atoms with van der Waals surface area (Å²) in [6, 6.07) is 16.5. The highest BCUT2D eigenvalue weighted by molar-refractivity contribution is 9.10. The first kappa shape index (κ1) is 26.7. The smallest absolute Gasteiger partial charge is 0.264 e. The molecule has 3 aromatic rings. The van der Waals surface area contributed by atoms with Crippen molar-refractivity contribution in [3.8, 4) is 11.5 Å². The quantitative estimate of drug-likeness (QED) is 0.270. The van der Waals surface area contributed by atoms with Gasteiger partial charge >= 0.3 is 0 Å². The number of aryl methyl sites for hydroxylation is 1. The van der Waals surface area contributed by atoms with E-state index in [9.17, 15) is 13.2 Å². The lowest BCUT2D eigenvalue weighted by molar-refractivity contribution is -0.119. The first-order chi connectivity index (χ1) is 16.6. The number of ether oxygens (including phenoxy) is 2. The number of hydrogen-bond donors (Lipinski definition) is 1. The highest BCUT2D eigenvalue weighted by Gasteiger charge is 2.27. The molecule has 0 atom stereocenters. The molecule has 3 aromatic carbocycles. The number of methoxy groups -OCH3 is 2. The fourth-order valence-electron chi connectivity index (χ4n) is 3.12. The summed E-state index contributed by atoms with van der Waals surface area (Å²) in [5, 5.41) is 3.97. The molecule has 0 unspecified atom stereocenters. The van der Waals surface area contributed by atoms with Crippen molar-refractivity contribution in [2.75, 3.05) is 25.1 Å². The van der Waals surface area contributed by atoms with Gasteiger partial charge in [0.1, 0.15) is 6.54 Å². The predicted octanol–water partition coefficient (Wildman–Crippen LogP) is 4.88. The van der Waals surface area contributed by atoms with E-state index in [2.05, 4.69) is 42.4 Å². The molecular weight excluding hydrogens is 602 g/mol. The van der Waals surface area contributed by atoms with Gasteiger partial charge < -0.3 is 9.47 Å². The zero-order valence-corrected chi connectivity index (χ0v) is 23.1. The van der Waals surface area contributed by atoms with E-state index in [4.69, 9.17) is 9.47 Å². The van der Waals surface area contributed by atoms with Crippen molar-refractivity contribution in [1.29, 1.82) is 0 Å². The monoisotopic (exact) mass is 623 g/mol. The van der Waals surface area contributed by atoms with E-state index in [1.165, 1.54) is 32.6 Å². The Morgan fingerprint density at radius 3 is 2.29 bits per heavy atom. The van der Waals surface area contributed by atoms with Crippen LogP contribution in [0.15, 0.2) is 79.6 Å². The largest absolute Gasteiger partial charge is 0.493 e. The molecule has 0 radical (unpaired) electrons. The number of sulfonamides is 1. The summed E-state index contributed by atoms with van der Waals surface area (Å²) in [4.78, 5) is 12.8. The molecular formula is C24H23Br2N3O5S. The molecule has 0 heterocycles. The van der Waals surface area contributed by atoms with Crippen LogP contribution in [0.3, 0.4) is 0 Å². The predicted molar refractivity (Wildman–Crippen MR) is 143 cm³/mol. The Morgan fingerprint density at radius 2 is 1.69 bits per heavy atom. The summed E-state index contributed by atoms with van der Waals surface area (Å²) in [7, 11) is -0.971. The molecule has 1 amide bonds. The number of carbonyl (C=O) groups excluding carboxylic acids is 1. The summed E-state index contributed by atoms with van der Waals surface area (Å²) in [6.45, 7) is 1.40. The average Bonchev–Trinajstić information content (AvgIpc) is 2.83. The lowest BCUT2D eigenvalue weighted by atomic mass is 10.2. The van der Waals surface area contributed by atoms with Gasteiger partial charge in [-0.3, -0.25) is 9.10 Å². The minimum Gasteiger partial charge on any atom is -0.493 e. The van der Waals surface area contributed by atoms with Gasteiger partial charge in [-0.2, -0.15) is 5.10 Å². The number of hydrazone groups is 1. The maximum absolute atomic E-state index is 13.4. The molecule has 1 N–H and O–H groups in total. The van der Waals surface area contributed by atoms with E-state index < -0.39 is 22.5 Å². The van der Waals surface area contributed by atoms with E-state index >= 15 is 0 Å². The Hall–Kier alpha value is -2.89. The second-order valence-corrected chi connectivity index (χ2v) is 11.0. The first-order valence-corrected chi connectivity index (χ1v) is 13.3. The van der Waals surface area contributed by atoms with Crippen LogP contribution < -0.4 is 19.2 Å². The third-order valence-electron chi connectivity index (χ3n) is 4.87. The summed E-state index contributed by atoms with van der Waals surface area (Å²) < 4.78 is 39.8. The molecule has 184 valence electrons. The van der Waals surface area contributed by atoms with Crippen molar-refractivity contribution in [1.82, 2.24) is 5.43 Å². The zero-order valence-electron chi connectivity index (χ0n) is 19.2. The van der Waals surface area contributed by atoms with E-state index in [1.54, 1.807) is 48.5 Å². The molecule has 8 nitrogen and oxygen atoms in total. The molecule has 0 aliphatic heterocycles. The molecule has 11 heteroatoms. The van der Waals surface area contributed by atoms with Gasteiger partial charge in [-0.25, -0.2) is 13.8 Å². The first-order valence-electron chi connectivity index (χ1n) is 10.2. The van der Waals surface area contributed by atoms with Crippen LogP contribution in [0.2, 0.25) is 0 Å². The van der Waals surface area contributed by atoms with Crippen LogP contribution >= 0.6 is 31.9 Å². The SMILES string of the molecule is COc1cc(/C=N/NC(=O)CN(c2ccc(Br)cc2)S(=O)(=O)c2ccc(C)cc2)cc(Br)c1OC. The van der Waals surface area contributed by atoms with E-state index in [1.807, 2.05) is 6.92 Å². The van der Waals surface area contributed by atoms with Gasteiger partial charge in [0.25, 0.3) is 15.9 Å². The third kappa shape index (κ3) is 6.62. The molecule has 0 aliphatic rings. The number of anilines is 1. The number of carbonyl (C=O) groups is 1. The Morgan fingerprint density at radius 1 is 1.03 bits per heavy atom. The summed E-state index contributed by atoms with van der Waals surface area (Å²) in [5.74, 6) is 0.403. The van der Waals surface area contributed by atoms with Crippen LogP contribution in [-0.4, -0.2) is 41.3 Å². The Bertz CT molecular complexity index is 1330. The fourth-order valence-corrected chi connectivity index (χ4v) is 5.42. The summed E-state index contributed by atoms with van der Waals surface area (Å²) in [5.41, 5.74) is 4.29. The lowest BCUT2D eigenvalue weighted by Gasteiger charge is -2.23. The minimum absolute atomic E-state index is 0.0810. The number of nitrogens with zero attached hydrogens (tertiary/aromatic N) is 2. The van der Waals surface area contributed by atoms with Gasteiger partial charge in [-0.1, -0.05) is 33.6 Å². The maximum Gasteiger partial charge on any atom is 0.264 e. The van der Waals surface area contributed by atoms with Crippen LogP contribution in [-0.2, 0) is 14.8 Å². The van der Waals surface area contributed by atoms with Gasteiger partial charge in [0, 0.05) is 4.47 Å². The number of nitrogens with one attached hydrogen (secondary N) is 1. The highest BCUT2D eigenvalue weighted by atomic mass is 79.9. The van der Waals surface area contributed by atoms with Crippen molar-refractivity contribution >= 4 is 59.7 Å². The van der Waals surface area contributed by atoms with E-state index in [0.717, 1.165) is 14.3 Å². The molecule has 0 aromatic heterocycles. The average molecular weight is 625 g/mol. The lowest BCUT2D eigenvalue weighted by Crippen LogP contribution is -2.39. The van der Waals surface area contributed by atoms with Crippen LogP contribution in [0.5, 0.6) is 11.5 Å². The molecule has 0 saturated carbocycles. The molecule has 0 aliphatic carbocycles. The van der Waals surface area contributed by atoms with Gasteiger partial charge in [0.2, 0.25) is 0 Å². The standard InChI is InChI=1S/C24H23Br2N3O5S/c1-16-4-10-20(11-5-16)35(31,32)29(19-8-6-18(25)7-9-19)15-23(30)28-27-14-17-12-21(26)24(34-3)22(13-17)33-2/h4-14H,15H2,1-3H3,(H,28,30)/b27-14+. The molecule has 35 heavy (non-hydrogen) atoms. The Balaban J connectivity index is 1.83. The molecule has 0 fully saturated rings. The topological polar surface area (TPSA) is 97.3 Å². The van der Waals surface area contributed by atoms with Crippen LogP contribution in [0, 0.1) is 6.92 Å². The van der Waals surface area contributed by atoms with Crippen molar-refractivity contribution in [2.45, 2.75) is 11.8 Å². The van der Waals surface area contributed by atoms with Crippen molar-refractivity contribution in [3.63, 3.8) is 0 Å². The Labute approximate surface area is 221 Å².